The maximum absolute atomic E-state index is 14.6. The monoisotopic (exact) mass is 419 g/mol. The molecule has 2 aromatic carbocycles. The topological polar surface area (TPSA) is 80.3 Å². The molecule has 3 aromatic rings. The zero-order chi connectivity index (χ0) is 21.5. The molecule has 2 fully saturated rings. The van der Waals surface area contributed by atoms with E-state index in [1.54, 1.807) is 19.2 Å². The van der Waals surface area contributed by atoms with E-state index in [2.05, 4.69) is 15.6 Å². The van der Waals surface area contributed by atoms with E-state index in [0.717, 1.165) is 29.2 Å². The minimum atomic E-state index is -0.427. The van der Waals surface area contributed by atoms with Gasteiger partial charge < -0.3 is 15.4 Å². The predicted molar refractivity (Wildman–Crippen MR) is 115 cm³/mol. The number of halogens is 1. The molecule has 2 amide bonds. The molecule has 0 spiro atoms. The van der Waals surface area contributed by atoms with Gasteiger partial charge >= 0.3 is 0 Å². The summed E-state index contributed by atoms with van der Waals surface area (Å²) in [5.74, 6) is -0.0917. The van der Waals surface area contributed by atoms with Crippen LogP contribution in [0.15, 0.2) is 42.6 Å². The lowest BCUT2D eigenvalue weighted by Gasteiger charge is -2.27. The van der Waals surface area contributed by atoms with Gasteiger partial charge in [-0.1, -0.05) is 12.1 Å². The van der Waals surface area contributed by atoms with Gasteiger partial charge in [-0.15, -0.1) is 0 Å². The van der Waals surface area contributed by atoms with Crippen LogP contribution in [0.4, 0.5) is 10.2 Å². The number of carbonyl (C=O) groups excluding carboxylic acids is 2. The third-order valence-corrected chi connectivity index (χ3v) is 5.81. The lowest BCUT2D eigenvalue weighted by atomic mass is 9.95. The number of pyridine rings is 1. The Labute approximate surface area is 178 Å². The van der Waals surface area contributed by atoms with Gasteiger partial charge in [0, 0.05) is 23.1 Å². The smallest absolute Gasteiger partial charge is 0.251 e. The molecule has 1 saturated heterocycles. The van der Waals surface area contributed by atoms with Crippen molar-refractivity contribution in [3.05, 3.63) is 59.5 Å². The summed E-state index contributed by atoms with van der Waals surface area (Å²) in [5.41, 5.74) is 2.20. The first-order chi connectivity index (χ1) is 15.0. The standard InChI is InChI=1S/C24H22FN3O3/c1-13-20(7-17(8-21(13)25)24(30)27-19-11-31-12-19)16-5-4-15-9-22(26-10-18(15)6-16)28-23(29)14-2-3-14/h4-10,14,19H,2-3,11-12H2,1H3,(H,27,30)(H,26,28,29). The molecule has 1 saturated carbocycles. The predicted octanol–water partition coefficient (Wildman–Crippen LogP) is 3.83. The number of fused-ring (bicyclic) bond motifs is 1. The second-order valence-corrected chi connectivity index (χ2v) is 8.23. The molecule has 6 nitrogen and oxygen atoms in total. The van der Waals surface area contributed by atoms with E-state index in [0.29, 0.717) is 30.2 Å². The molecular formula is C24H22FN3O3. The Morgan fingerprint density at radius 2 is 1.90 bits per heavy atom. The van der Waals surface area contributed by atoms with E-state index in [9.17, 15) is 14.0 Å². The van der Waals surface area contributed by atoms with Crippen molar-refractivity contribution in [1.29, 1.82) is 0 Å². The van der Waals surface area contributed by atoms with Gasteiger partial charge in [-0.3, -0.25) is 9.59 Å². The van der Waals surface area contributed by atoms with Crippen LogP contribution in [0, 0.1) is 18.7 Å². The SMILES string of the molecule is Cc1c(F)cc(C(=O)NC2COC2)cc1-c1ccc2cc(NC(=O)C3CC3)ncc2c1. The number of benzene rings is 2. The van der Waals surface area contributed by atoms with Crippen LogP contribution in [0.5, 0.6) is 0 Å². The van der Waals surface area contributed by atoms with E-state index >= 15 is 0 Å². The van der Waals surface area contributed by atoms with Crippen LogP contribution < -0.4 is 10.6 Å². The Morgan fingerprint density at radius 3 is 2.61 bits per heavy atom. The van der Waals surface area contributed by atoms with Gasteiger partial charge in [0.1, 0.15) is 11.6 Å². The molecule has 0 atom stereocenters. The van der Waals surface area contributed by atoms with Crippen molar-refractivity contribution in [2.24, 2.45) is 5.92 Å². The third-order valence-electron chi connectivity index (χ3n) is 5.81. The molecule has 2 heterocycles. The Hall–Kier alpha value is -3.32. The fraction of sp³-hybridized carbons (Fsp3) is 0.292. The molecule has 0 unspecified atom stereocenters. The van der Waals surface area contributed by atoms with Gasteiger partial charge in [0.2, 0.25) is 5.91 Å². The Bertz CT molecular complexity index is 1200. The summed E-state index contributed by atoms with van der Waals surface area (Å²) in [6, 6.07) is 10.5. The molecule has 1 aliphatic carbocycles. The van der Waals surface area contributed by atoms with Crippen LogP contribution in [0.2, 0.25) is 0 Å². The highest BCUT2D eigenvalue weighted by Crippen LogP contribution is 2.32. The summed E-state index contributed by atoms with van der Waals surface area (Å²) < 4.78 is 19.7. The van der Waals surface area contributed by atoms with Gasteiger partial charge in [0.15, 0.2) is 0 Å². The lowest BCUT2D eigenvalue weighted by Crippen LogP contribution is -2.48. The summed E-state index contributed by atoms with van der Waals surface area (Å²) in [4.78, 5) is 28.8. The number of rotatable bonds is 5. The van der Waals surface area contributed by atoms with Crippen LogP contribution in [0.3, 0.4) is 0 Å². The second kappa shape index (κ2) is 7.74. The summed E-state index contributed by atoms with van der Waals surface area (Å²) in [7, 11) is 0. The molecule has 0 radical (unpaired) electrons. The molecule has 1 aliphatic heterocycles. The zero-order valence-corrected chi connectivity index (χ0v) is 17.1. The summed E-state index contributed by atoms with van der Waals surface area (Å²) in [6.45, 7) is 2.66. The Balaban J connectivity index is 1.44. The van der Waals surface area contributed by atoms with Crippen molar-refractivity contribution in [2.75, 3.05) is 18.5 Å². The van der Waals surface area contributed by atoms with E-state index in [-0.39, 0.29) is 29.3 Å². The number of aromatic nitrogens is 1. The maximum atomic E-state index is 14.6. The molecular weight excluding hydrogens is 397 g/mol. The molecule has 7 heteroatoms. The Kier molecular flexibility index (Phi) is 4.90. The van der Waals surface area contributed by atoms with Crippen molar-refractivity contribution in [1.82, 2.24) is 10.3 Å². The van der Waals surface area contributed by atoms with Gasteiger partial charge in [-0.25, -0.2) is 9.37 Å². The number of nitrogens with one attached hydrogen (secondary N) is 2. The molecule has 0 bridgehead atoms. The van der Waals surface area contributed by atoms with Gasteiger partial charge in [-0.2, -0.15) is 0 Å². The van der Waals surface area contributed by atoms with Crippen molar-refractivity contribution in [3.8, 4) is 11.1 Å². The minimum absolute atomic E-state index is 0.0122. The first-order valence-corrected chi connectivity index (χ1v) is 10.4. The molecule has 2 N–H and O–H groups in total. The molecule has 31 heavy (non-hydrogen) atoms. The van der Waals surface area contributed by atoms with Crippen LogP contribution >= 0.6 is 0 Å². The lowest BCUT2D eigenvalue weighted by molar-refractivity contribution is -0.117. The number of anilines is 1. The fourth-order valence-corrected chi connectivity index (χ4v) is 3.65. The van der Waals surface area contributed by atoms with Crippen LogP contribution in [-0.2, 0) is 9.53 Å². The highest BCUT2D eigenvalue weighted by Gasteiger charge is 2.29. The van der Waals surface area contributed by atoms with Crippen molar-refractivity contribution in [2.45, 2.75) is 25.8 Å². The first-order valence-electron chi connectivity index (χ1n) is 10.4. The number of carbonyl (C=O) groups is 2. The van der Waals surface area contributed by atoms with Crippen molar-refractivity contribution >= 4 is 28.4 Å². The van der Waals surface area contributed by atoms with Crippen LogP contribution in [0.1, 0.15) is 28.8 Å². The Morgan fingerprint density at radius 1 is 1.10 bits per heavy atom. The summed E-state index contributed by atoms with van der Waals surface area (Å²) in [6.07, 6.45) is 3.56. The number of amides is 2. The van der Waals surface area contributed by atoms with Crippen LogP contribution in [-0.4, -0.2) is 36.1 Å². The maximum Gasteiger partial charge on any atom is 0.251 e. The normalized spacial score (nSPS) is 16.1. The number of nitrogens with zero attached hydrogens (tertiary/aromatic N) is 1. The highest BCUT2D eigenvalue weighted by atomic mass is 19.1. The average Bonchev–Trinajstić information content (AvgIpc) is 3.57. The molecule has 1 aromatic heterocycles. The first kappa shape index (κ1) is 19.6. The number of hydrogen-bond donors (Lipinski definition) is 2. The largest absolute Gasteiger partial charge is 0.377 e. The number of ether oxygens (including phenoxy) is 1. The highest BCUT2D eigenvalue weighted by molar-refractivity contribution is 5.98. The quantitative estimate of drug-likeness (QED) is 0.659. The molecule has 5 rings (SSSR count). The minimum Gasteiger partial charge on any atom is -0.377 e. The zero-order valence-electron chi connectivity index (χ0n) is 17.1. The number of hydrogen-bond acceptors (Lipinski definition) is 4. The molecule has 158 valence electrons. The van der Waals surface area contributed by atoms with Gasteiger partial charge in [-0.05, 0) is 66.1 Å². The van der Waals surface area contributed by atoms with Gasteiger partial charge in [0.25, 0.3) is 5.91 Å². The van der Waals surface area contributed by atoms with Crippen molar-refractivity contribution in [3.63, 3.8) is 0 Å². The fourth-order valence-electron chi connectivity index (χ4n) is 3.65. The van der Waals surface area contributed by atoms with Crippen molar-refractivity contribution < 1.29 is 18.7 Å². The van der Waals surface area contributed by atoms with E-state index in [4.69, 9.17) is 4.74 Å². The second-order valence-electron chi connectivity index (χ2n) is 8.23. The van der Waals surface area contributed by atoms with Crippen LogP contribution in [0.25, 0.3) is 21.9 Å². The van der Waals surface area contributed by atoms with E-state index in [1.165, 1.54) is 6.07 Å². The van der Waals surface area contributed by atoms with E-state index < -0.39 is 5.82 Å². The van der Waals surface area contributed by atoms with Gasteiger partial charge in [0.05, 0.1) is 19.3 Å². The summed E-state index contributed by atoms with van der Waals surface area (Å²) >= 11 is 0. The van der Waals surface area contributed by atoms with E-state index in [1.807, 2.05) is 24.3 Å². The molecule has 2 aliphatic rings. The summed E-state index contributed by atoms with van der Waals surface area (Å²) in [5, 5.41) is 7.48. The average molecular weight is 419 g/mol. The third kappa shape index (κ3) is 4.01.